The Kier molecular flexibility index (Phi) is 5.32. The molecule has 1 aliphatic heterocycles. The van der Waals surface area contributed by atoms with Gasteiger partial charge in [-0.05, 0) is 12.6 Å². The number of hydrogen-bond acceptors (Lipinski definition) is 6. The maximum absolute atomic E-state index is 12.4. The lowest BCUT2D eigenvalue weighted by atomic mass is 10.2. The van der Waals surface area contributed by atoms with Crippen LogP contribution in [0.3, 0.4) is 0 Å². The summed E-state index contributed by atoms with van der Waals surface area (Å²) in [6, 6.07) is 3.59. The van der Waals surface area contributed by atoms with Gasteiger partial charge in [-0.1, -0.05) is 12.1 Å². The van der Waals surface area contributed by atoms with Crippen LogP contribution in [-0.2, 0) is 13.1 Å². The van der Waals surface area contributed by atoms with Crippen molar-refractivity contribution in [3.63, 3.8) is 0 Å². The number of amides is 1. The van der Waals surface area contributed by atoms with Crippen LogP contribution in [0.5, 0.6) is 0 Å². The first-order valence-corrected chi connectivity index (χ1v) is 8.32. The van der Waals surface area contributed by atoms with Crippen LogP contribution in [0.25, 0.3) is 0 Å². The van der Waals surface area contributed by atoms with Gasteiger partial charge >= 0.3 is 0 Å². The third kappa shape index (κ3) is 4.04. The summed E-state index contributed by atoms with van der Waals surface area (Å²) in [7, 11) is 1.74. The fraction of sp³-hybridized carbons (Fsp3) is 0.529. The topological polar surface area (TPSA) is 66.0 Å². The molecule has 3 rings (SSSR count). The number of carbonyl (C=O) groups excluding carboxylic acids is 1. The molecule has 2 aromatic heterocycles. The zero-order chi connectivity index (χ0) is 16.9. The Balaban J connectivity index is 1.54. The Morgan fingerprint density at radius 2 is 2.04 bits per heavy atom. The average molecular weight is 332 g/mol. The molecule has 7 nitrogen and oxygen atoms in total. The molecule has 1 aliphatic rings. The van der Waals surface area contributed by atoms with E-state index in [1.165, 1.54) is 0 Å². The zero-order valence-electron chi connectivity index (χ0n) is 14.3. The van der Waals surface area contributed by atoms with E-state index in [0.29, 0.717) is 18.8 Å². The molecule has 0 aliphatic carbocycles. The minimum atomic E-state index is -0.151. The highest BCUT2D eigenvalue weighted by molar-refractivity contribution is 5.92. The number of carbonyl (C=O) groups is 1. The highest BCUT2D eigenvalue weighted by atomic mass is 16.5. The molecule has 1 fully saturated rings. The van der Waals surface area contributed by atoms with Gasteiger partial charge in [0.2, 0.25) is 0 Å². The average Bonchev–Trinajstić information content (AvgIpc) is 3.27. The molecule has 0 atom stereocenters. The number of likely N-dealkylation sites (N-methyl/N-ethyl adjacent to an activating group) is 1. The Hall–Kier alpha value is -2.12. The SMILES string of the molecule is CCN1CCN(Cc2cc(C(=O)N(C)Cc3ccoc3)no2)CC1. The van der Waals surface area contributed by atoms with Gasteiger partial charge in [0.1, 0.15) is 0 Å². The number of piperazine rings is 1. The van der Waals surface area contributed by atoms with Crippen LogP contribution in [0.15, 0.2) is 33.6 Å². The van der Waals surface area contributed by atoms with E-state index in [1.807, 2.05) is 6.07 Å². The minimum Gasteiger partial charge on any atom is -0.472 e. The molecule has 24 heavy (non-hydrogen) atoms. The second-order valence-electron chi connectivity index (χ2n) is 6.18. The van der Waals surface area contributed by atoms with Gasteiger partial charge in [-0.15, -0.1) is 0 Å². The quantitative estimate of drug-likeness (QED) is 0.802. The number of hydrogen-bond donors (Lipinski definition) is 0. The van der Waals surface area contributed by atoms with E-state index in [-0.39, 0.29) is 5.91 Å². The van der Waals surface area contributed by atoms with Crippen LogP contribution in [0.1, 0.15) is 28.7 Å². The largest absolute Gasteiger partial charge is 0.472 e. The van der Waals surface area contributed by atoms with Crippen LogP contribution >= 0.6 is 0 Å². The molecule has 1 amide bonds. The smallest absolute Gasteiger partial charge is 0.276 e. The highest BCUT2D eigenvalue weighted by Crippen LogP contribution is 2.13. The molecule has 0 radical (unpaired) electrons. The van der Waals surface area contributed by atoms with Crippen molar-refractivity contribution < 1.29 is 13.7 Å². The first-order chi connectivity index (χ1) is 11.7. The van der Waals surface area contributed by atoms with Gasteiger partial charge in [0.25, 0.3) is 5.91 Å². The molecular formula is C17H24N4O3. The van der Waals surface area contributed by atoms with E-state index < -0.39 is 0 Å². The van der Waals surface area contributed by atoms with E-state index in [2.05, 4.69) is 21.9 Å². The molecule has 7 heteroatoms. The van der Waals surface area contributed by atoms with Gasteiger partial charge in [-0.25, -0.2) is 0 Å². The summed E-state index contributed by atoms with van der Waals surface area (Å²) in [6.45, 7) is 8.63. The summed E-state index contributed by atoms with van der Waals surface area (Å²) in [5, 5.41) is 3.94. The van der Waals surface area contributed by atoms with Crippen molar-refractivity contribution in [3.8, 4) is 0 Å². The predicted molar refractivity (Wildman–Crippen MR) is 88.4 cm³/mol. The predicted octanol–water partition coefficient (Wildman–Crippen LogP) is 1.68. The van der Waals surface area contributed by atoms with Crippen molar-refractivity contribution in [3.05, 3.63) is 41.7 Å². The van der Waals surface area contributed by atoms with Crippen LogP contribution in [0.2, 0.25) is 0 Å². The molecule has 0 spiro atoms. The molecular weight excluding hydrogens is 308 g/mol. The van der Waals surface area contributed by atoms with Gasteiger partial charge in [-0.3, -0.25) is 9.69 Å². The van der Waals surface area contributed by atoms with E-state index in [1.54, 1.807) is 30.5 Å². The number of nitrogens with zero attached hydrogens (tertiary/aromatic N) is 4. The third-order valence-corrected chi connectivity index (χ3v) is 4.42. The summed E-state index contributed by atoms with van der Waals surface area (Å²) >= 11 is 0. The Labute approximate surface area is 141 Å². The monoisotopic (exact) mass is 332 g/mol. The van der Waals surface area contributed by atoms with Gasteiger partial charge in [0.05, 0.1) is 19.1 Å². The third-order valence-electron chi connectivity index (χ3n) is 4.42. The molecule has 130 valence electrons. The van der Waals surface area contributed by atoms with Crippen molar-refractivity contribution in [2.45, 2.75) is 20.0 Å². The Morgan fingerprint density at radius 3 is 2.71 bits per heavy atom. The lowest BCUT2D eigenvalue weighted by molar-refractivity contribution is 0.0774. The van der Waals surface area contributed by atoms with E-state index >= 15 is 0 Å². The molecule has 3 heterocycles. The van der Waals surface area contributed by atoms with Crippen molar-refractivity contribution in [1.29, 1.82) is 0 Å². The lowest BCUT2D eigenvalue weighted by Crippen LogP contribution is -2.45. The number of aromatic nitrogens is 1. The van der Waals surface area contributed by atoms with Gasteiger partial charge in [0, 0.05) is 51.4 Å². The second kappa shape index (κ2) is 7.63. The normalized spacial score (nSPS) is 16.4. The van der Waals surface area contributed by atoms with Crippen LogP contribution in [0.4, 0.5) is 0 Å². The van der Waals surface area contributed by atoms with Crippen molar-refractivity contribution in [2.75, 3.05) is 39.8 Å². The first kappa shape index (κ1) is 16.7. The fourth-order valence-electron chi connectivity index (χ4n) is 2.90. The summed E-state index contributed by atoms with van der Waals surface area (Å²) in [5.74, 6) is 0.585. The maximum atomic E-state index is 12.4. The summed E-state index contributed by atoms with van der Waals surface area (Å²) in [5.41, 5.74) is 1.30. The number of rotatable bonds is 6. The molecule has 0 unspecified atom stereocenters. The van der Waals surface area contributed by atoms with Crippen molar-refractivity contribution >= 4 is 5.91 Å². The molecule has 0 N–H and O–H groups in total. The van der Waals surface area contributed by atoms with Gasteiger partial charge in [-0.2, -0.15) is 0 Å². The summed E-state index contributed by atoms with van der Waals surface area (Å²) in [6.07, 6.45) is 3.23. The van der Waals surface area contributed by atoms with Crippen LogP contribution in [-0.4, -0.2) is 65.5 Å². The summed E-state index contributed by atoms with van der Waals surface area (Å²) < 4.78 is 10.4. The van der Waals surface area contributed by atoms with Gasteiger partial charge in [0.15, 0.2) is 11.5 Å². The number of furan rings is 1. The Bertz CT molecular complexity index is 645. The summed E-state index contributed by atoms with van der Waals surface area (Å²) in [4.78, 5) is 18.8. The lowest BCUT2D eigenvalue weighted by Gasteiger charge is -2.33. The molecule has 2 aromatic rings. The molecule has 0 aromatic carbocycles. The first-order valence-electron chi connectivity index (χ1n) is 8.32. The van der Waals surface area contributed by atoms with Gasteiger partial charge < -0.3 is 18.7 Å². The van der Waals surface area contributed by atoms with E-state index in [9.17, 15) is 4.79 Å². The van der Waals surface area contributed by atoms with E-state index in [0.717, 1.165) is 44.0 Å². The van der Waals surface area contributed by atoms with E-state index in [4.69, 9.17) is 8.94 Å². The maximum Gasteiger partial charge on any atom is 0.276 e. The highest BCUT2D eigenvalue weighted by Gasteiger charge is 2.20. The zero-order valence-corrected chi connectivity index (χ0v) is 14.3. The molecule has 0 saturated carbocycles. The molecule has 0 bridgehead atoms. The van der Waals surface area contributed by atoms with Crippen molar-refractivity contribution in [1.82, 2.24) is 19.9 Å². The second-order valence-corrected chi connectivity index (χ2v) is 6.18. The molecule has 1 saturated heterocycles. The van der Waals surface area contributed by atoms with Crippen molar-refractivity contribution in [2.24, 2.45) is 0 Å². The van der Waals surface area contributed by atoms with Crippen LogP contribution < -0.4 is 0 Å². The standard InChI is InChI=1S/C17H24N4O3/c1-3-20-5-7-21(8-6-20)12-15-10-16(18-24-15)17(22)19(2)11-14-4-9-23-13-14/h4,9-10,13H,3,5-8,11-12H2,1-2H3. The minimum absolute atomic E-state index is 0.151. The Morgan fingerprint density at radius 1 is 1.29 bits per heavy atom. The van der Waals surface area contributed by atoms with Crippen LogP contribution in [0, 0.1) is 0 Å². The fourth-order valence-corrected chi connectivity index (χ4v) is 2.90.